The lowest BCUT2D eigenvalue weighted by molar-refractivity contribution is -0.115. The number of hydrogen-bond donors (Lipinski definition) is 3. The van der Waals surface area contributed by atoms with Crippen LogP contribution in [0.15, 0.2) is 0 Å². The second-order valence-corrected chi connectivity index (χ2v) is 3.43. The molecule has 0 saturated heterocycles. The summed E-state index contributed by atoms with van der Waals surface area (Å²) in [6.07, 6.45) is -3.78. The molecule has 0 atom stereocenters. The third-order valence-electron chi connectivity index (χ3n) is 2.10. The fourth-order valence-corrected chi connectivity index (χ4v) is 1.22. The van der Waals surface area contributed by atoms with Gasteiger partial charge in [0.2, 0.25) is 0 Å². The molecule has 1 heterocycles. The number of anilines is 2. The van der Waals surface area contributed by atoms with Gasteiger partial charge in [-0.2, -0.15) is 13.2 Å². The van der Waals surface area contributed by atoms with E-state index in [-0.39, 0.29) is 5.82 Å². The van der Waals surface area contributed by atoms with Crippen molar-refractivity contribution in [2.45, 2.75) is 26.4 Å². The second kappa shape index (κ2) is 5.17. The smallest absolute Gasteiger partial charge is 0.361 e. The van der Waals surface area contributed by atoms with Crippen LogP contribution in [0.5, 0.6) is 0 Å². The van der Waals surface area contributed by atoms with E-state index >= 15 is 0 Å². The first-order valence-corrected chi connectivity index (χ1v) is 5.02. The van der Waals surface area contributed by atoms with Crippen molar-refractivity contribution in [1.29, 1.82) is 0 Å². The van der Waals surface area contributed by atoms with E-state index in [1.54, 1.807) is 13.8 Å². The number of aromatic nitrogens is 2. The van der Waals surface area contributed by atoms with E-state index in [9.17, 15) is 13.2 Å². The van der Waals surface area contributed by atoms with Crippen LogP contribution in [-0.4, -0.2) is 22.7 Å². The van der Waals surface area contributed by atoms with Crippen LogP contribution in [0, 0.1) is 6.92 Å². The maximum absolute atomic E-state index is 12.1. The highest BCUT2D eigenvalue weighted by Crippen LogP contribution is 2.21. The van der Waals surface area contributed by atoms with Gasteiger partial charge in [0.1, 0.15) is 24.0 Å². The van der Waals surface area contributed by atoms with Gasteiger partial charge in [-0.25, -0.2) is 15.8 Å². The minimum Gasteiger partial charge on any atom is -0.361 e. The van der Waals surface area contributed by atoms with Crippen LogP contribution in [0.2, 0.25) is 0 Å². The van der Waals surface area contributed by atoms with Crippen molar-refractivity contribution < 1.29 is 13.2 Å². The number of nitrogens with one attached hydrogen (secondary N) is 2. The second-order valence-electron chi connectivity index (χ2n) is 3.43. The van der Waals surface area contributed by atoms with Crippen molar-refractivity contribution in [3.05, 3.63) is 11.4 Å². The number of nitrogens with two attached hydrogens (primary N) is 1. The first kappa shape index (κ1) is 13.5. The normalized spacial score (nSPS) is 11.4. The van der Waals surface area contributed by atoms with Crippen molar-refractivity contribution in [3.63, 3.8) is 0 Å². The van der Waals surface area contributed by atoms with Crippen LogP contribution in [-0.2, 0) is 6.42 Å². The molecule has 17 heavy (non-hydrogen) atoms. The number of aryl methyl sites for hydroxylation is 1. The molecule has 1 aromatic heterocycles. The highest BCUT2D eigenvalue weighted by atomic mass is 19.4. The van der Waals surface area contributed by atoms with E-state index in [0.717, 1.165) is 0 Å². The number of alkyl halides is 3. The highest BCUT2D eigenvalue weighted by molar-refractivity contribution is 5.56. The Hall–Kier alpha value is -1.57. The van der Waals surface area contributed by atoms with E-state index < -0.39 is 12.7 Å². The van der Waals surface area contributed by atoms with Gasteiger partial charge in [0, 0.05) is 12.0 Å². The molecular formula is C9H14F3N5. The van der Waals surface area contributed by atoms with E-state index in [1.807, 2.05) is 0 Å². The summed E-state index contributed by atoms with van der Waals surface area (Å²) >= 11 is 0. The SMILES string of the molecule is CCc1nc(NN)c(C)c(NCC(F)(F)F)n1. The molecule has 5 nitrogen and oxygen atoms in total. The lowest BCUT2D eigenvalue weighted by Crippen LogP contribution is -2.23. The number of hydrazine groups is 1. The maximum Gasteiger partial charge on any atom is 0.405 e. The zero-order valence-corrected chi connectivity index (χ0v) is 9.52. The fourth-order valence-electron chi connectivity index (χ4n) is 1.22. The predicted octanol–water partition coefficient (Wildman–Crippen LogP) is 1.61. The molecule has 0 saturated carbocycles. The largest absolute Gasteiger partial charge is 0.405 e. The Balaban J connectivity index is 2.97. The maximum atomic E-state index is 12.1. The van der Waals surface area contributed by atoms with Crippen LogP contribution in [0.4, 0.5) is 24.8 Å². The van der Waals surface area contributed by atoms with Crippen molar-refractivity contribution in [1.82, 2.24) is 9.97 Å². The summed E-state index contributed by atoms with van der Waals surface area (Å²) in [5, 5.41) is 2.23. The molecule has 96 valence electrons. The van der Waals surface area contributed by atoms with E-state index in [1.165, 1.54) is 0 Å². The van der Waals surface area contributed by atoms with Crippen LogP contribution < -0.4 is 16.6 Å². The standard InChI is InChI=1S/C9H14F3N5/c1-3-6-15-7(14-4-9(10,11)12)5(2)8(16-6)17-13/h3-4,13H2,1-2H3,(H2,14,15,16,17). The fraction of sp³-hybridized carbons (Fsp3) is 0.556. The molecule has 1 aromatic rings. The van der Waals surface area contributed by atoms with Gasteiger partial charge in [0.25, 0.3) is 0 Å². The molecular weight excluding hydrogens is 235 g/mol. The molecule has 0 radical (unpaired) electrons. The monoisotopic (exact) mass is 249 g/mol. The number of halogens is 3. The molecule has 4 N–H and O–H groups in total. The first-order valence-electron chi connectivity index (χ1n) is 5.02. The Labute approximate surface area is 96.6 Å². The van der Waals surface area contributed by atoms with Gasteiger partial charge in [-0.15, -0.1) is 0 Å². The molecule has 0 amide bonds. The van der Waals surface area contributed by atoms with Gasteiger partial charge in [-0.05, 0) is 6.92 Å². The zero-order chi connectivity index (χ0) is 13.1. The molecule has 0 unspecified atom stereocenters. The van der Waals surface area contributed by atoms with Crippen molar-refractivity contribution in [2.75, 3.05) is 17.3 Å². The van der Waals surface area contributed by atoms with Crippen molar-refractivity contribution in [3.8, 4) is 0 Å². The summed E-state index contributed by atoms with van der Waals surface area (Å²) in [6, 6.07) is 0. The number of nitrogens with zero attached hydrogens (tertiary/aromatic N) is 2. The van der Waals surface area contributed by atoms with E-state index in [2.05, 4.69) is 20.7 Å². The molecule has 0 aromatic carbocycles. The number of rotatable bonds is 4. The van der Waals surface area contributed by atoms with Crippen LogP contribution in [0.1, 0.15) is 18.3 Å². The molecule has 0 fully saturated rings. The van der Waals surface area contributed by atoms with Crippen molar-refractivity contribution in [2.24, 2.45) is 5.84 Å². The Bertz CT molecular complexity index is 391. The summed E-state index contributed by atoms with van der Waals surface area (Å²) in [7, 11) is 0. The average molecular weight is 249 g/mol. The molecule has 0 spiro atoms. The molecule has 0 bridgehead atoms. The Kier molecular flexibility index (Phi) is 4.11. The minimum absolute atomic E-state index is 0.141. The molecule has 0 aliphatic heterocycles. The van der Waals surface area contributed by atoms with Crippen LogP contribution in [0.3, 0.4) is 0 Å². The Morgan fingerprint density at radius 1 is 1.24 bits per heavy atom. The molecule has 0 aliphatic carbocycles. The topological polar surface area (TPSA) is 75.9 Å². The van der Waals surface area contributed by atoms with Crippen LogP contribution in [0.25, 0.3) is 0 Å². The van der Waals surface area contributed by atoms with Gasteiger partial charge >= 0.3 is 6.18 Å². The lowest BCUT2D eigenvalue weighted by Gasteiger charge is -2.14. The third-order valence-corrected chi connectivity index (χ3v) is 2.10. The van der Waals surface area contributed by atoms with E-state index in [0.29, 0.717) is 23.6 Å². The van der Waals surface area contributed by atoms with Gasteiger partial charge < -0.3 is 10.7 Å². The lowest BCUT2D eigenvalue weighted by atomic mass is 10.3. The summed E-state index contributed by atoms with van der Waals surface area (Å²) < 4.78 is 36.3. The molecule has 0 aliphatic rings. The van der Waals surface area contributed by atoms with Gasteiger partial charge in [0.15, 0.2) is 0 Å². The predicted molar refractivity (Wildman–Crippen MR) is 58.5 cm³/mol. The number of hydrogen-bond acceptors (Lipinski definition) is 5. The molecule has 1 rings (SSSR count). The van der Waals surface area contributed by atoms with Gasteiger partial charge in [-0.1, -0.05) is 6.92 Å². The highest BCUT2D eigenvalue weighted by Gasteiger charge is 2.27. The Morgan fingerprint density at radius 2 is 1.82 bits per heavy atom. The summed E-state index contributed by atoms with van der Waals surface area (Å²) in [5.41, 5.74) is 2.79. The average Bonchev–Trinajstić information content (AvgIpc) is 2.26. The van der Waals surface area contributed by atoms with E-state index in [4.69, 9.17) is 5.84 Å². The minimum atomic E-state index is -4.29. The zero-order valence-electron chi connectivity index (χ0n) is 9.52. The van der Waals surface area contributed by atoms with Crippen LogP contribution >= 0.6 is 0 Å². The number of nitrogen functional groups attached to an aromatic ring is 1. The summed E-state index contributed by atoms with van der Waals surface area (Å²) in [5.74, 6) is 6.12. The summed E-state index contributed by atoms with van der Waals surface area (Å²) in [6.45, 7) is 2.25. The quantitative estimate of drug-likeness (QED) is 0.558. The van der Waals surface area contributed by atoms with Crippen molar-refractivity contribution >= 4 is 11.6 Å². The summed E-state index contributed by atoms with van der Waals surface area (Å²) in [4.78, 5) is 8.03. The van der Waals surface area contributed by atoms with Gasteiger partial charge in [-0.3, -0.25) is 0 Å². The Morgan fingerprint density at radius 3 is 2.29 bits per heavy atom. The third kappa shape index (κ3) is 3.74. The first-order chi connectivity index (χ1) is 7.87. The molecule has 8 heteroatoms. The van der Waals surface area contributed by atoms with Gasteiger partial charge in [0.05, 0.1) is 0 Å².